The van der Waals surface area contributed by atoms with Gasteiger partial charge in [0.25, 0.3) is 0 Å². The Hall–Kier alpha value is -1.29. The van der Waals surface area contributed by atoms with Gasteiger partial charge in [-0.1, -0.05) is 0 Å². The number of phenolic OH excluding ortho intramolecular Hbond substituents is 1. The molecule has 0 radical (unpaired) electrons. The smallest absolute Gasteiger partial charge is 0.160 e. The first kappa shape index (κ1) is 10.2. The van der Waals surface area contributed by atoms with Gasteiger partial charge < -0.3 is 15.2 Å². The van der Waals surface area contributed by atoms with E-state index in [9.17, 15) is 9.50 Å². The number of rotatable bonds is 2. The number of phenols is 1. The van der Waals surface area contributed by atoms with E-state index in [0.29, 0.717) is 11.3 Å². The fourth-order valence-corrected chi connectivity index (χ4v) is 1.96. The predicted octanol–water partition coefficient (Wildman–Crippen LogP) is 1.62. The summed E-state index contributed by atoms with van der Waals surface area (Å²) in [6.45, 7) is 1.69. The van der Waals surface area contributed by atoms with E-state index in [-0.39, 0.29) is 17.5 Å². The minimum absolute atomic E-state index is 0.148. The Morgan fingerprint density at radius 3 is 2.93 bits per heavy atom. The summed E-state index contributed by atoms with van der Waals surface area (Å²) < 4.78 is 18.5. The second kappa shape index (κ2) is 4.06. The van der Waals surface area contributed by atoms with Crippen molar-refractivity contribution in [3.63, 3.8) is 0 Å². The van der Waals surface area contributed by atoms with Gasteiger partial charge in [0.2, 0.25) is 0 Å². The van der Waals surface area contributed by atoms with Crippen molar-refractivity contribution >= 4 is 0 Å². The number of aromatic hydroxyl groups is 1. The molecule has 1 aliphatic heterocycles. The molecule has 1 aromatic carbocycles. The van der Waals surface area contributed by atoms with Gasteiger partial charge >= 0.3 is 0 Å². The molecule has 1 saturated heterocycles. The van der Waals surface area contributed by atoms with E-state index in [0.717, 1.165) is 25.6 Å². The molecule has 82 valence electrons. The summed E-state index contributed by atoms with van der Waals surface area (Å²) in [5.74, 6) is 0.00417. The molecule has 0 spiro atoms. The van der Waals surface area contributed by atoms with Crippen LogP contribution in [0.25, 0.3) is 0 Å². The number of ether oxygens (including phenoxy) is 1. The molecule has 15 heavy (non-hydrogen) atoms. The van der Waals surface area contributed by atoms with Gasteiger partial charge in [-0.3, -0.25) is 0 Å². The summed E-state index contributed by atoms with van der Waals surface area (Å²) in [5.41, 5.74) is 0.620. The Balaban J connectivity index is 2.37. The van der Waals surface area contributed by atoms with Crippen molar-refractivity contribution < 1.29 is 14.2 Å². The summed E-state index contributed by atoms with van der Waals surface area (Å²) in [6.07, 6.45) is 0.921. The summed E-state index contributed by atoms with van der Waals surface area (Å²) in [5, 5.41) is 12.6. The molecular formula is C11H14FNO2. The van der Waals surface area contributed by atoms with Gasteiger partial charge in [0.1, 0.15) is 5.82 Å². The van der Waals surface area contributed by atoms with Gasteiger partial charge in [0.15, 0.2) is 11.5 Å². The van der Waals surface area contributed by atoms with E-state index >= 15 is 0 Å². The van der Waals surface area contributed by atoms with Crippen molar-refractivity contribution in [3.05, 3.63) is 23.5 Å². The lowest BCUT2D eigenvalue weighted by atomic mass is 9.97. The highest BCUT2D eigenvalue weighted by atomic mass is 19.1. The zero-order valence-corrected chi connectivity index (χ0v) is 8.59. The SMILES string of the molecule is COc1cc(C2CCNC2)c(F)cc1O. The van der Waals surface area contributed by atoms with Crippen LogP contribution in [0.3, 0.4) is 0 Å². The molecule has 0 amide bonds. The Bertz CT molecular complexity index is 362. The Labute approximate surface area is 87.9 Å². The van der Waals surface area contributed by atoms with Crippen LogP contribution in [0.1, 0.15) is 17.9 Å². The van der Waals surface area contributed by atoms with Gasteiger partial charge in [0.05, 0.1) is 7.11 Å². The first-order valence-electron chi connectivity index (χ1n) is 4.99. The maximum Gasteiger partial charge on any atom is 0.160 e. The molecule has 1 aromatic rings. The number of methoxy groups -OCH3 is 1. The monoisotopic (exact) mass is 211 g/mol. The molecule has 2 N–H and O–H groups in total. The number of hydrogen-bond donors (Lipinski definition) is 2. The van der Waals surface area contributed by atoms with Gasteiger partial charge in [-0.05, 0) is 24.6 Å². The highest BCUT2D eigenvalue weighted by Crippen LogP contribution is 2.34. The predicted molar refractivity (Wildman–Crippen MR) is 54.8 cm³/mol. The minimum Gasteiger partial charge on any atom is -0.504 e. The molecule has 1 heterocycles. The van der Waals surface area contributed by atoms with Crippen LogP contribution < -0.4 is 10.1 Å². The molecule has 2 rings (SSSR count). The third kappa shape index (κ3) is 1.90. The van der Waals surface area contributed by atoms with Crippen LogP contribution in [0.15, 0.2) is 12.1 Å². The summed E-state index contributed by atoms with van der Waals surface area (Å²) in [6, 6.07) is 2.70. The molecule has 0 aliphatic carbocycles. The lowest BCUT2D eigenvalue weighted by Crippen LogP contribution is -2.09. The molecular weight excluding hydrogens is 197 g/mol. The zero-order chi connectivity index (χ0) is 10.8. The van der Waals surface area contributed by atoms with Crippen molar-refractivity contribution in [1.82, 2.24) is 5.32 Å². The van der Waals surface area contributed by atoms with E-state index < -0.39 is 0 Å². The number of hydrogen-bond acceptors (Lipinski definition) is 3. The van der Waals surface area contributed by atoms with Crippen LogP contribution in [0, 0.1) is 5.82 Å². The van der Waals surface area contributed by atoms with Gasteiger partial charge in [0, 0.05) is 18.5 Å². The molecule has 4 heteroatoms. The molecule has 0 aromatic heterocycles. The summed E-state index contributed by atoms with van der Waals surface area (Å²) >= 11 is 0. The highest BCUT2D eigenvalue weighted by Gasteiger charge is 2.21. The second-order valence-corrected chi connectivity index (χ2v) is 3.74. The average molecular weight is 211 g/mol. The standard InChI is InChI=1S/C11H14FNO2/c1-15-11-4-8(7-2-3-13-6-7)9(12)5-10(11)14/h4-5,7,13-14H,2-3,6H2,1H3. The van der Waals surface area contributed by atoms with Gasteiger partial charge in [-0.15, -0.1) is 0 Å². The van der Waals surface area contributed by atoms with Crippen LogP contribution in [-0.4, -0.2) is 25.3 Å². The minimum atomic E-state index is -0.359. The van der Waals surface area contributed by atoms with Gasteiger partial charge in [-0.2, -0.15) is 0 Å². The van der Waals surface area contributed by atoms with Gasteiger partial charge in [-0.25, -0.2) is 4.39 Å². The van der Waals surface area contributed by atoms with E-state index in [4.69, 9.17) is 4.74 Å². The number of halogens is 1. The van der Waals surface area contributed by atoms with E-state index in [1.165, 1.54) is 7.11 Å². The molecule has 1 atom stereocenters. The van der Waals surface area contributed by atoms with Crippen molar-refractivity contribution in [1.29, 1.82) is 0 Å². The van der Waals surface area contributed by atoms with Crippen LogP contribution in [0.2, 0.25) is 0 Å². The molecule has 0 saturated carbocycles. The van der Waals surface area contributed by atoms with Crippen LogP contribution in [0.5, 0.6) is 11.5 Å². The third-order valence-electron chi connectivity index (χ3n) is 2.80. The van der Waals surface area contributed by atoms with Crippen molar-refractivity contribution in [3.8, 4) is 11.5 Å². The average Bonchev–Trinajstić information content (AvgIpc) is 2.71. The van der Waals surface area contributed by atoms with E-state index in [1.54, 1.807) is 6.07 Å². The van der Waals surface area contributed by atoms with E-state index in [1.807, 2.05) is 0 Å². The van der Waals surface area contributed by atoms with Crippen LogP contribution in [-0.2, 0) is 0 Å². The Kier molecular flexibility index (Phi) is 2.77. The molecule has 1 fully saturated rings. The van der Waals surface area contributed by atoms with Crippen LogP contribution >= 0.6 is 0 Å². The molecule has 1 unspecified atom stereocenters. The zero-order valence-electron chi connectivity index (χ0n) is 8.59. The van der Waals surface area contributed by atoms with Crippen LogP contribution in [0.4, 0.5) is 4.39 Å². The molecule has 0 bridgehead atoms. The highest BCUT2D eigenvalue weighted by molar-refractivity contribution is 5.44. The normalized spacial score (nSPS) is 20.5. The topological polar surface area (TPSA) is 41.5 Å². The van der Waals surface area contributed by atoms with Crippen molar-refractivity contribution in [2.45, 2.75) is 12.3 Å². The van der Waals surface area contributed by atoms with Crippen molar-refractivity contribution in [2.24, 2.45) is 0 Å². The second-order valence-electron chi connectivity index (χ2n) is 3.74. The van der Waals surface area contributed by atoms with E-state index in [2.05, 4.69) is 5.32 Å². The molecule has 1 aliphatic rings. The molecule has 3 nitrogen and oxygen atoms in total. The largest absolute Gasteiger partial charge is 0.504 e. The fourth-order valence-electron chi connectivity index (χ4n) is 1.96. The summed E-state index contributed by atoms with van der Waals surface area (Å²) in [4.78, 5) is 0. The number of benzene rings is 1. The maximum absolute atomic E-state index is 13.6. The summed E-state index contributed by atoms with van der Waals surface area (Å²) in [7, 11) is 1.46. The Morgan fingerprint density at radius 2 is 2.33 bits per heavy atom. The van der Waals surface area contributed by atoms with Crippen molar-refractivity contribution in [2.75, 3.05) is 20.2 Å². The first-order valence-corrected chi connectivity index (χ1v) is 4.99. The maximum atomic E-state index is 13.6. The number of nitrogens with one attached hydrogen (secondary N) is 1. The fraction of sp³-hybridized carbons (Fsp3) is 0.455. The lowest BCUT2D eigenvalue weighted by Gasteiger charge is -2.12. The third-order valence-corrected chi connectivity index (χ3v) is 2.80. The Morgan fingerprint density at radius 1 is 1.53 bits per heavy atom. The first-order chi connectivity index (χ1) is 7.22. The lowest BCUT2D eigenvalue weighted by molar-refractivity contribution is 0.369. The quantitative estimate of drug-likeness (QED) is 0.781.